The number of para-hydroxylation sites is 1. The lowest BCUT2D eigenvalue weighted by Gasteiger charge is -2.16. The first-order chi connectivity index (χ1) is 9.65. The molecule has 0 bridgehead atoms. The number of benzene rings is 1. The van der Waals surface area contributed by atoms with Crippen molar-refractivity contribution >= 4 is 0 Å². The first-order valence-electron chi connectivity index (χ1n) is 7.73. The minimum absolute atomic E-state index is 0.341. The minimum atomic E-state index is -0.458. The third kappa shape index (κ3) is 6.40. The summed E-state index contributed by atoms with van der Waals surface area (Å²) in [5, 5.41) is 13.2. The minimum Gasteiger partial charge on any atom is -0.490 e. The lowest BCUT2D eigenvalue weighted by Crippen LogP contribution is -2.32. The molecule has 1 rings (SSSR count). The highest BCUT2D eigenvalue weighted by atomic mass is 16.5. The Balaban J connectivity index is 2.18. The smallest absolute Gasteiger partial charge is 0.125 e. The van der Waals surface area contributed by atoms with Crippen molar-refractivity contribution in [1.82, 2.24) is 5.32 Å². The van der Waals surface area contributed by atoms with Gasteiger partial charge in [-0.1, -0.05) is 44.4 Å². The highest BCUT2D eigenvalue weighted by Crippen LogP contribution is 2.22. The molecular formula is C17H29NO2. The number of aliphatic hydroxyl groups is 1. The van der Waals surface area contributed by atoms with Gasteiger partial charge in [0, 0.05) is 6.54 Å². The Kier molecular flexibility index (Phi) is 8.31. The van der Waals surface area contributed by atoms with E-state index in [0.29, 0.717) is 13.2 Å². The topological polar surface area (TPSA) is 41.5 Å². The summed E-state index contributed by atoms with van der Waals surface area (Å²) in [5.41, 5.74) is 2.23. The molecule has 3 heteroatoms. The van der Waals surface area contributed by atoms with E-state index in [-0.39, 0.29) is 0 Å². The van der Waals surface area contributed by atoms with Crippen molar-refractivity contribution in [3.05, 3.63) is 29.3 Å². The van der Waals surface area contributed by atoms with Crippen molar-refractivity contribution in [2.45, 2.75) is 52.6 Å². The molecule has 20 heavy (non-hydrogen) atoms. The van der Waals surface area contributed by atoms with Crippen LogP contribution >= 0.6 is 0 Å². The predicted octanol–water partition coefficient (Wildman–Crippen LogP) is 3.21. The summed E-state index contributed by atoms with van der Waals surface area (Å²) >= 11 is 0. The van der Waals surface area contributed by atoms with Gasteiger partial charge in [0.05, 0.1) is 0 Å². The van der Waals surface area contributed by atoms with E-state index < -0.39 is 6.10 Å². The summed E-state index contributed by atoms with van der Waals surface area (Å²) in [6, 6.07) is 6.08. The van der Waals surface area contributed by atoms with Gasteiger partial charge >= 0.3 is 0 Å². The number of aliphatic hydroxyl groups excluding tert-OH is 1. The van der Waals surface area contributed by atoms with Gasteiger partial charge in [-0.05, 0) is 37.9 Å². The molecule has 0 spiro atoms. The van der Waals surface area contributed by atoms with Crippen molar-refractivity contribution in [2.24, 2.45) is 0 Å². The Hall–Kier alpha value is -1.06. The molecule has 3 nitrogen and oxygen atoms in total. The van der Waals surface area contributed by atoms with Crippen LogP contribution in [0, 0.1) is 13.8 Å². The average molecular weight is 279 g/mol. The van der Waals surface area contributed by atoms with E-state index in [9.17, 15) is 5.11 Å². The van der Waals surface area contributed by atoms with E-state index in [0.717, 1.165) is 23.4 Å². The summed E-state index contributed by atoms with van der Waals surface area (Å²) in [6.07, 6.45) is 4.53. The molecule has 0 aromatic heterocycles. The molecule has 0 aliphatic heterocycles. The molecule has 0 aliphatic rings. The summed E-state index contributed by atoms with van der Waals surface area (Å²) in [5.74, 6) is 0.898. The zero-order valence-corrected chi connectivity index (χ0v) is 13.1. The van der Waals surface area contributed by atoms with E-state index in [1.54, 1.807) is 0 Å². The van der Waals surface area contributed by atoms with Gasteiger partial charge in [-0.15, -0.1) is 0 Å². The third-order valence-corrected chi connectivity index (χ3v) is 3.42. The van der Waals surface area contributed by atoms with Crippen LogP contribution in [0.1, 0.15) is 43.7 Å². The third-order valence-electron chi connectivity index (χ3n) is 3.42. The maximum absolute atomic E-state index is 9.91. The molecule has 0 saturated heterocycles. The van der Waals surface area contributed by atoms with Gasteiger partial charge in [0.2, 0.25) is 0 Å². The van der Waals surface area contributed by atoms with Crippen molar-refractivity contribution < 1.29 is 9.84 Å². The van der Waals surface area contributed by atoms with Gasteiger partial charge in [-0.3, -0.25) is 0 Å². The monoisotopic (exact) mass is 279 g/mol. The molecule has 1 aromatic rings. The molecule has 0 heterocycles. The van der Waals surface area contributed by atoms with Crippen LogP contribution in [-0.4, -0.2) is 30.9 Å². The van der Waals surface area contributed by atoms with Crippen LogP contribution in [0.15, 0.2) is 18.2 Å². The second-order valence-electron chi connectivity index (χ2n) is 5.45. The van der Waals surface area contributed by atoms with E-state index in [1.165, 1.54) is 25.7 Å². The van der Waals surface area contributed by atoms with E-state index in [4.69, 9.17) is 4.74 Å². The van der Waals surface area contributed by atoms with E-state index >= 15 is 0 Å². The fourth-order valence-electron chi connectivity index (χ4n) is 2.21. The van der Waals surface area contributed by atoms with Crippen molar-refractivity contribution in [3.8, 4) is 5.75 Å². The van der Waals surface area contributed by atoms with Crippen LogP contribution in [-0.2, 0) is 0 Å². The molecule has 0 radical (unpaired) electrons. The second-order valence-corrected chi connectivity index (χ2v) is 5.45. The fourth-order valence-corrected chi connectivity index (χ4v) is 2.21. The zero-order chi connectivity index (χ0) is 14.8. The zero-order valence-electron chi connectivity index (χ0n) is 13.1. The Morgan fingerprint density at radius 1 is 1.15 bits per heavy atom. The summed E-state index contributed by atoms with van der Waals surface area (Å²) in [7, 11) is 0. The molecule has 0 fully saturated rings. The summed E-state index contributed by atoms with van der Waals surface area (Å²) in [4.78, 5) is 0. The largest absolute Gasteiger partial charge is 0.490 e. The Bertz CT molecular complexity index is 359. The molecule has 1 aromatic carbocycles. The van der Waals surface area contributed by atoms with E-state index in [2.05, 4.69) is 12.2 Å². The lowest BCUT2D eigenvalue weighted by atomic mass is 10.1. The van der Waals surface area contributed by atoms with Crippen LogP contribution in [0.25, 0.3) is 0 Å². The summed E-state index contributed by atoms with van der Waals surface area (Å²) in [6.45, 7) is 8.18. The number of unbranched alkanes of at least 4 members (excludes halogenated alkanes) is 3. The quantitative estimate of drug-likeness (QED) is 0.646. The fraction of sp³-hybridized carbons (Fsp3) is 0.647. The van der Waals surface area contributed by atoms with Gasteiger partial charge in [-0.25, -0.2) is 0 Å². The standard InChI is InChI=1S/C17H29NO2/c1-4-5-6-7-11-18-12-16(19)13-20-17-14(2)9-8-10-15(17)3/h8-10,16,18-19H,4-7,11-13H2,1-3H3. The van der Waals surface area contributed by atoms with Crippen LogP contribution in [0.2, 0.25) is 0 Å². The van der Waals surface area contributed by atoms with Crippen LogP contribution in [0.3, 0.4) is 0 Å². The lowest BCUT2D eigenvalue weighted by molar-refractivity contribution is 0.106. The number of hydrogen-bond acceptors (Lipinski definition) is 3. The molecular weight excluding hydrogens is 250 g/mol. The first-order valence-corrected chi connectivity index (χ1v) is 7.73. The molecule has 0 amide bonds. The highest BCUT2D eigenvalue weighted by molar-refractivity contribution is 5.39. The van der Waals surface area contributed by atoms with E-state index in [1.807, 2.05) is 32.0 Å². The van der Waals surface area contributed by atoms with Gasteiger partial charge < -0.3 is 15.2 Å². The number of rotatable bonds is 10. The molecule has 0 saturated carbocycles. The van der Waals surface area contributed by atoms with Gasteiger partial charge in [-0.2, -0.15) is 0 Å². The van der Waals surface area contributed by atoms with Gasteiger partial charge in [0.25, 0.3) is 0 Å². The number of nitrogens with one attached hydrogen (secondary N) is 1. The van der Waals surface area contributed by atoms with Crippen LogP contribution in [0.5, 0.6) is 5.75 Å². The van der Waals surface area contributed by atoms with Gasteiger partial charge in [0.1, 0.15) is 18.5 Å². The first kappa shape index (κ1) is 17.0. The average Bonchev–Trinajstić information content (AvgIpc) is 2.42. The number of aryl methyl sites for hydroxylation is 2. The predicted molar refractivity (Wildman–Crippen MR) is 84.4 cm³/mol. The molecule has 2 N–H and O–H groups in total. The maximum Gasteiger partial charge on any atom is 0.125 e. The Morgan fingerprint density at radius 2 is 1.85 bits per heavy atom. The molecule has 1 atom stereocenters. The SMILES string of the molecule is CCCCCCNCC(O)COc1c(C)cccc1C. The maximum atomic E-state index is 9.91. The van der Waals surface area contributed by atoms with Crippen molar-refractivity contribution in [2.75, 3.05) is 19.7 Å². The molecule has 1 unspecified atom stereocenters. The van der Waals surface area contributed by atoms with Gasteiger partial charge in [0.15, 0.2) is 0 Å². The Labute approximate surface area is 123 Å². The number of ether oxygens (including phenoxy) is 1. The summed E-state index contributed by atoms with van der Waals surface area (Å²) < 4.78 is 5.73. The van der Waals surface area contributed by atoms with Crippen molar-refractivity contribution in [1.29, 1.82) is 0 Å². The highest BCUT2D eigenvalue weighted by Gasteiger charge is 2.08. The van der Waals surface area contributed by atoms with Crippen molar-refractivity contribution in [3.63, 3.8) is 0 Å². The van der Waals surface area contributed by atoms with Crippen LogP contribution in [0.4, 0.5) is 0 Å². The normalized spacial score (nSPS) is 12.4. The Morgan fingerprint density at radius 3 is 2.50 bits per heavy atom. The van der Waals surface area contributed by atoms with Crippen LogP contribution < -0.4 is 10.1 Å². The molecule has 114 valence electrons. The molecule has 0 aliphatic carbocycles. The number of hydrogen-bond donors (Lipinski definition) is 2. The second kappa shape index (κ2) is 9.78.